The smallest absolute Gasteiger partial charge is 0.272 e. The number of methoxy groups -OCH3 is 1. The van der Waals surface area contributed by atoms with Gasteiger partial charge in [-0.05, 0) is 17.7 Å². The summed E-state index contributed by atoms with van der Waals surface area (Å²) in [5.74, 6) is -0.363. The molecule has 0 saturated heterocycles. The normalized spacial score (nSPS) is 10.5. The lowest BCUT2D eigenvalue weighted by Gasteiger charge is -2.08. The summed E-state index contributed by atoms with van der Waals surface area (Å²) >= 11 is 10.7. The van der Waals surface area contributed by atoms with Crippen molar-refractivity contribution in [2.75, 3.05) is 7.11 Å². The Bertz CT molecular complexity index is 398. The van der Waals surface area contributed by atoms with Crippen molar-refractivity contribution in [3.63, 3.8) is 0 Å². The van der Waals surface area contributed by atoms with Crippen molar-refractivity contribution in [1.82, 2.24) is 4.98 Å². The van der Waals surface area contributed by atoms with E-state index < -0.39 is 17.2 Å². The highest BCUT2D eigenvalue weighted by molar-refractivity contribution is 6.68. The molecule has 1 heterocycles. The fourth-order valence-electron chi connectivity index (χ4n) is 0.944. The third kappa shape index (κ3) is 2.54. The number of carbonyl (C=O) groups excluding carboxylic acids is 1. The minimum Gasteiger partial charge on any atom is -0.481 e. The van der Waals surface area contributed by atoms with Crippen LogP contribution >= 0.6 is 23.2 Å². The van der Waals surface area contributed by atoms with E-state index >= 15 is 0 Å². The molecule has 15 heavy (non-hydrogen) atoms. The molecule has 1 aromatic rings. The Morgan fingerprint density at radius 1 is 1.60 bits per heavy atom. The molecular weight excluding hydrogens is 251 g/mol. The van der Waals surface area contributed by atoms with Crippen molar-refractivity contribution < 1.29 is 18.3 Å². The zero-order chi connectivity index (χ0) is 11.6. The number of rotatable bonds is 3. The van der Waals surface area contributed by atoms with Crippen LogP contribution in [0.15, 0.2) is 6.07 Å². The molecule has 3 nitrogen and oxygen atoms in total. The number of carbonyl (C=O) groups is 1. The first-order valence-electron chi connectivity index (χ1n) is 3.69. The lowest BCUT2D eigenvalue weighted by Crippen LogP contribution is -2.02. The van der Waals surface area contributed by atoms with E-state index in [1.165, 1.54) is 0 Å². The van der Waals surface area contributed by atoms with Crippen LogP contribution in [0.5, 0.6) is 5.88 Å². The molecule has 7 heteroatoms. The first-order valence-corrected chi connectivity index (χ1v) is 4.45. The molecule has 0 fully saturated rings. The van der Waals surface area contributed by atoms with Gasteiger partial charge in [0.05, 0.1) is 17.7 Å². The third-order valence-electron chi connectivity index (χ3n) is 1.58. The third-order valence-corrected chi connectivity index (χ3v) is 2.05. The number of hydrogen-bond donors (Lipinski definition) is 0. The predicted octanol–water partition coefficient (Wildman–Crippen LogP) is 3.06. The van der Waals surface area contributed by atoms with Gasteiger partial charge < -0.3 is 4.74 Å². The molecule has 0 radical (unpaired) electrons. The van der Waals surface area contributed by atoms with Crippen molar-refractivity contribution >= 4 is 28.4 Å². The highest BCUT2D eigenvalue weighted by Gasteiger charge is 2.20. The predicted molar refractivity (Wildman–Crippen MR) is 50.9 cm³/mol. The Morgan fingerprint density at radius 3 is 2.60 bits per heavy atom. The van der Waals surface area contributed by atoms with Gasteiger partial charge in [0.1, 0.15) is 5.69 Å². The number of nitrogens with zero attached hydrogens (tertiary/aromatic N) is 1. The standard InChI is InChI=1S/C8H5Cl2F2NO2/c1-15-8-3(7(11)12)2-4(9)5(13-8)6(10)14/h2,7H,1H3. The summed E-state index contributed by atoms with van der Waals surface area (Å²) in [7, 11) is 1.16. The van der Waals surface area contributed by atoms with Gasteiger partial charge in [-0.15, -0.1) is 0 Å². The van der Waals surface area contributed by atoms with E-state index in [1.807, 2.05) is 0 Å². The minimum absolute atomic E-state index is 0.230. The highest BCUT2D eigenvalue weighted by Crippen LogP contribution is 2.31. The lowest BCUT2D eigenvalue weighted by molar-refractivity contribution is 0.107. The van der Waals surface area contributed by atoms with E-state index in [0.717, 1.165) is 13.2 Å². The van der Waals surface area contributed by atoms with Gasteiger partial charge in [0.2, 0.25) is 5.88 Å². The molecule has 0 amide bonds. The number of pyridine rings is 1. The van der Waals surface area contributed by atoms with Gasteiger partial charge >= 0.3 is 0 Å². The fourth-order valence-corrected chi connectivity index (χ4v) is 1.38. The fraction of sp³-hybridized carbons (Fsp3) is 0.250. The lowest BCUT2D eigenvalue weighted by atomic mass is 10.2. The average Bonchev–Trinajstić information content (AvgIpc) is 2.16. The molecule has 0 spiro atoms. The van der Waals surface area contributed by atoms with Crippen LogP contribution in [0.3, 0.4) is 0 Å². The molecule has 0 bridgehead atoms. The van der Waals surface area contributed by atoms with Gasteiger partial charge in [0.25, 0.3) is 11.7 Å². The number of aromatic nitrogens is 1. The number of alkyl halides is 2. The summed E-state index contributed by atoms with van der Waals surface area (Å²) in [6, 6.07) is 0.910. The van der Waals surface area contributed by atoms with Gasteiger partial charge in [0, 0.05) is 0 Å². The van der Waals surface area contributed by atoms with E-state index in [2.05, 4.69) is 9.72 Å². The van der Waals surface area contributed by atoms with Crippen molar-refractivity contribution in [2.45, 2.75) is 6.43 Å². The maximum Gasteiger partial charge on any atom is 0.272 e. The van der Waals surface area contributed by atoms with E-state index in [0.29, 0.717) is 0 Å². The van der Waals surface area contributed by atoms with Gasteiger partial charge in [-0.1, -0.05) is 11.6 Å². The zero-order valence-corrected chi connectivity index (χ0v) is 8.94. The zero-order valence-electron chi connectivity index (χ0n) is 7.43. The molecule has 0 atom stereocenters. The van der Waals surface area contributed by atoms with Crippen LogP contribution in [0.4, 0.5) is 8.78 Å². The summed E-state index contributed by atoms with van der Waals surface area (Å²) in [4.78, 5) is 14.3. The van der Waals surface area contributed by atoms with E-state index in [4.69, 9.17) is 23.2 Å². The quantitative estimate of drug-likeness (QED) is 0.780. The van der Waals surface area contributed by atoms with Crippen LogP contribution in [0.1, 0.15) is 22.5 Å². The van der Waals surface area contributed by atoms with E-state index in [1.54, 1.807) is 0 Å². The Hall–Kier alpha value is -0.940. The summed E-state index contributed by atoms with van der Waals surface area (Å²) in [5.41, 5.74) is -0.788. The van der Waals surface area contributed by atoms with Crippen LogP contribution in [0, 0.1) is 0 Å². The van der Waals surface area contributed by atoms with Gasteiger partial charge in [-0.3, -0.25) is 4.79 Å². The molecule has 0 aliphatic carbocycles. The Labute approximate surface area is 94.0 Å². The summed E-state index contributed by atoms with van der Waals surface area (Å²) in [5, 5.41) is -1.16. The molecule has 0 aromatic carbocycles. The van der Waals surface area contributed by atoms with Gasteiger partial charge in [-0.25, -0.2) is 13.8 Å². The maximum atomic E-state index is 12.4. The largest absolute Gasteiger partial charge is 0.481 e. The SMILES string of the molecule is COc1nc(C(=O)Cl)c(Cl)cc1C(F)F. The highest BCUT2D eigenvalue weighted by atomic mass is 35.5. The van der Waals surface area contributed by atoms with Crippen molar-refractivity contribution in [3.8, 4) is 5.88 Å². The monoisotopic (exact) mass is 255 g/mol. The molecule has 1 rings (SSSR count). The Morgan fingerprint density at radius 2 is 2.20 bits per heavy atom. The van der Waals surface area contributed by atoms with E-state index in [-0.39, 0.29) is 16.6 Å². The van der Waals surface area contributed by atoms with Gasteiger partial charge in [0.15, 0.2) is 0 Å². The molecule has 0 saturated carbocycles. The minimum atomic E-state index is -2.79. The van der Waals surface area contributed by atoms with Crippen LogP contribution in [0.2, 0.25) is 5.02 Å². The van der Waals surface area contributed by atoms with Crippen molar-refractivity contribution in [1.29, 1.82) is 0 Å². The van der Waals surface area contributed by atoms with Crippen molar-refractivity contribution in [2.24, 2.45) is 0 Å². The van der Waals surface area contributed by atoms with Crippen LogP contribution in [0.25, 0.3) is 0 Å². The molecule has 82 valence electrons. The van der Waals surface area contributed by atoms with Crippen LogP contribution < -0.4 is 4.74 Å². The van der Waals surface area contributed by atoms with E-state index in [9.17, 15) is 13.6 Å². The molecule has 0 aliphatic rings. The first-order chi connectivity index (χ1) is 6.97. The second-order valence-corrected chi connectivity index (χ2v) is 3.24. The Balaban J connectivity index is 3.35. The summed E-state index contributed by atoms with van der Waals surface area (Å²) in [6.07, 6.45) is -2.79. The second-order valence-electron chi connectivity index (χ2n) is 2.49. The molecular formula is C8H5Cl2F2NO2. The summed E-state index contributed by atoms with van der Waals surface area (Å²) < 4.78 is 29.5. The summed E-state index contributed by atoms with van der Waals surface area (Å²) in [6.45, 7) is 0. The van der Waals surface area contributed by atoms with Crippen molar-refractivity contribution in [3.05, 3.63) is 22.3 Å². The number of ether oxygens (including phenoxy) is 1. The topological polar surface area (TPSA) is 39.2 Å². The van der Waals surface area contributed by atoms with Crippen LogP contribution in [-0.2, 0) is 0 Å². The maximum absolute atomic E-state index is 12.4. The second kappa shape index (κ2) is 4.72. The Kier molecular flexibility index (Phi) is 3.82. The molecule has 0 aliphatic heterocycles. The average molecular weight is 256 g/mol. The molecule has 1 aromatic heterocycles. The number of halogens is 4. The molecule has 0 N–H and O–H groups in total. The molecule has 0 unspecified atom stereocenters. The van der Waals surface area contributed by atoms with Gasteiger partial charge in [-0.2, -0.15) is 0 Å². The number of hydrogen-bond acceptors (Lipinski definition) is 3. The van der Waals surface area contributed by atoms with Crippen LogP contribution in [-0.4, -0.2) is 17.3 Å². The first kappa shape index (κ1) is 12.1.